The Kier molecular flexibility index (Phi) is 2.86. The molecule has 0 saturated carbocycles. The standard InChI is InChI=1S/C10H17N3/c1-10(2,3)7-8-9(11-4)13-6-5-12-8/h5-6H,7H2,1-4H3,(H,11,13). The fraction of sp³-hybridized carbons (Fsp3) is 0.600. The van der Waals surface area contributed by atoms with Crippen molar-refractivity contribution in [3.63, 3.8) is 0 Å². The Morgan fingerprint density at radius 2 is 1.85 bits per heavy atom. The Hall–Kier alpha value is -1.12. The van der Waals surface area contributed by atoms with Gasteiger partial charge in [0.15, 0.2) is 0 Å². The van der Waals surface area contributed by atoms with Crippen molar-refractivity contribution in [1.82, 2.24) is 9.97 Å². The molecule has 1 rings (SSSR count). The molecule has 0 unspecified atom stereocenters. The molecule has 0 fully saturated rings. The molecule has 1 N–H and O–H groups in total. The SMILES string of the molecule is CNc1nccnc1CC(C)(C)C. The molecule has 3 nitrogen and oxygen atoms in total. The zero-order valence-corrected chi connectivity index (χ0v) is 8.76. The lowest BCUT2D eigenvalue weighted by Crippen LogP contribution is -2.12. The zero-order valence-electron chi connectivity index (χ0n) is 8.76. The van der Waals surface area contributed by atoms with Crippen molar-refractivity contribution >= 4 is 5.82 Å². The summed E-state index contributed by atoms with van der Waals surface area (Å²) in [5.74, 6) is 0.887. The molecule has 3 heteroatoms. The van der Waals surface area contributed by atoms with Crippen LogP contribution in [0.1, 0.15) is 26.5 Å². The quantitative estimate of drug-likeness (QED) is 0.755. The minimum absolute atomic E-state index is 0.252. The summed E-state index contributed by atoms with van der Waals surface area (Å²) in [5, 5.41) is 3.04. The van der Waals surface area contributed by atoms with E-state index < -0.39 is 0 Å². The normalized spacial score (nSPS) is 11.4. The highest BCUT2D eigenvalue weighted by Crippen LogP contribution is 2.22. The van der Waals surface area contributed by atoms with Gasteiger partial charge in [-0.1, -0.05) is 20.8 Å². The highest BCUT2D eigenvalue weighted by atomic mass is 15.0. The molecule has 0 aliphatic heterocycles. The van der Waals surface area contributed by atoms with Gasteiger partial charge in [0, 0.05) is 19.4 Å². The van der Waals surface area contributed by atoms with E-state index in [1.807, 2.05) is 7.05 Å². The maximum absolute atomic E-state index is 4.31. The number of hydrogen-bond acceptors (Lipinski definition) is 3. The van der Waals surface area contributed by atoms with Crippen LogP contribution in [-0.2, 0) is 6.42 Å². The minimum Gasteiger partial charge on any atom is -0.372 e. The van der Waals surface area contributed by atoms with Crippen molar-refractivity contribution in [2.75, 3.05) is 12.4 Å². The van der Waals surface area contributed by atoms with Crippen LogP contribution in [0.3, 0.4) is 0 Å². The van der Waals surface area contributed by atoms with Gasteiger partial charge in [0.1, 0.15) is 5.82 Å². The fourth-order valence-electron chi connectivity index (χ4n) is 1.21. The van der Waals surface area contributed by atoms with Gasteiger partial charge in [0.2, 0.25) is 0 Å². The largest absolute Gasteiger partial charge is 0.372 e. The summed E-state index contributed by atoms with van der Waals surface area (Å²) in [7, 11) is 1.87. The van der Waals surface area contributed by atoms with Gasteiger partial charge in [-0.15, -0.1) is 0 Å². The molecule has 0 aromatic carbocycles. The lowest BCUT2D eigenvalue weighted by atomic mass is 9.90. The van der Waals surface area contributed by atoms with Gasteiger partial charge in [0.25, 0.3) is 0 Å². The smallest absolute Gasteiger partial charge is 0.147 e. The lowest BCUT2D eigenvalue weighted by Gasteiger charge is -2.18. The predicted molar refractivity (Wildman–Crippen MR) is 54.7 cm³/mol. The maximum Gasteiger partial charge on any atom is 0.147 e. The van der Waals surface area contributed by atoms with Crippen molar-refractivity contribution in [3.8, 4) is 0 Å². The third kappa shape index (κ3) is 3.01. The van der Waals surface area contributed by atoms with E-state index in [0.717, 1.165) is 17.9 Å². The molecule has 0 amide bonds. The van der Waals surface area contributed by atoms with Crippen LogP contribution in [-0.4, -0.2) is 17.0 Å². The van der Waals surface area contributed by atoms with E-state index >= 15 is 0 Å². The van der Waals surface area contributed by atoms with E-state index in [1.165, 1.54) is 0 Å². The van der Waals surface area contributed by atoms with Gasteiger partial charge in [-0.25, -0.2) is 4.98 Å². The third-order valence-corrected chi connectivity index (χ3v) is 1.71. The van der Waals surface area contributed by atoms with Crippen molar-refractivity contribution in [1.29, 1.82) is 0 Å². The van der Waals surface area contributed by atoms with Gasteiger partial charge >= 0.3 is 0 Å². The average molecular weight is 179 g/mol. The van der Waals surface area contributed by atoms with Crippen LogP contribution in [0.5, 0.6) is 0 Å². The molecular weight excluding hydrogens is 162 g/mol. The van der Waals surface area contributed by atoms with Crippen LogP contribution in [0.2, 0.25) is 0 Å². The summed E-state index contributed by atoms with van der Waals surface area (Å²) in [4.78, 5) is 8.52. The summed E-state index contributed by atoms with van der Waals surface area (Å²) >= 11 is 0. The lowest BCUT2D eigenvalue weighted by molar-refractivity contribution is 0.406. The molecule has 1 aromatic heterocycles. The number of hydrogen-bond donors (Lipinski definition) is 1. The number of nitrogens with zero attached hydrogens (tertiary/aromatic N) is 2. The van der Waals surface area contributed by atoms with Gasteiger partial charge in [-0.3, -0.25) is 4.98 Å². The summed E-state index contributed by atoms with van der Waals surface area (Å²) in [6.07, 6.45) is 4.39. The van der Waals surface area contributed by atoms with Gasteiger partial charge in [-0.2, -0.15) is 0 Å². The summed E-state index contributed by atoms with van der Waals surface area (Å²) in [6.45, 7) is 6.59. The average Bonchev–Trinajstić information content (AvgIpc) is 2.02. The molecule has 1 aromatic rings. The molecule has 0 spiro atoms. The van der Waals surface area contributed by atoms with Crippen LogP contribution in [0.15, 0.2) is 12.4 Å². The molecule has 0 saturated heterocycles. The van der Waals surface area contributed by atoms with Crippen LogP contribution < -0.4 is 5.32 Å². The van der Waals surface area contributed by atoms with E-state index in [0.29, 0.717) is 0 Å². The van der Waals surface area contributed by atoms with Crippen LogP contribution in [0.25, 0.3) is 0 Å². The number of rotatable bonds is 2. The highest BCUT2D eigenvalue weighted by Gasteiger charge is 2.14. The van der Waals surface area contributed by atoms with Crippen molar-refractivity contribution in [3.05, 3.63) is 18.1 Å². The number of nitrogens with one attached hydrogen (secondary N) is 1. The molecule has 1 heterocycles. The van der Waals surface area contributed by atoms with E-state index in [4.69, 9.17) is 0 Å². The first kappa shape index (κ1) is 9.96. The van der Waals surface area contributed by atoms with E-state index in [9.17, 15) is 0 Å². The van der Waals surface area contributed by atoms with Crippen molar-refractivity contribution < 1.29 is 0 Å². The van der Waals surface area contributed by atoms with Crippen LogP contribution >= 0.6 is 0 Å². The first-order valence-corrected chi connectivity index (χ1v) is 4.50. The third-order valence-electron chi connectivity index (χ3n) is 1.71. The predicted octanol–water partition coefficient (Wildman–Crippen LogP) is 2.11. The molecular formula is C10H17N3. The Balaban J connectivity index is 2.87. The monoisotopic (exact) mass is 179 g/mol. The van der Waals surface area contributed by atoms with Gasteiger partial charge < -0.3 is 5.32 Å². The molecule has 0 aliphatic rings. The second-order valence-corrected chi connectivity index (χ2v) is 4.34. The second kappa shape index (κ2) is 3.73. The van der Waals surface area contributed by atoms with Gasteiger partial charge in [-0.05, 0) is 11.8 Å². The molecule has 0 aliphatic carbocycles. The Morgan fingerprint density at radius 1 is 1.23 bits per heavy atom. The molecule has 72 valence electrons. The summed E-state index contributed by atoms with van der Waals surface area (Å²) in [5.41, 5.74) is 1.29. The van der Waals surface area contributed by atoms with Gasteiger partial charge in [0.05, 0.1) is 5.69 Å². The van der Waals surface area contributed by atoms with Crippen LogP contribution in [0.4, 0.5) is 5.82 Å². The fourth-order valence-corrected chi connectivity index (χ4v) is 1.21. The van der Waals surface area contributed by atoms with E-state index in [2.05, 4.69) is 36.1 Å². The van der Waals surface area contributed by atoms with Crippen molar-refractivity contribution in [2.45, 2.75) is 27.2 Å². The Labute approximate surface area is 79.6 Å². The van der Waals surface area contributed by atoms with E-state index in [1.54, 1.807) is 12.4 Å². The highest BCUT2D eigenvalue weighted by molar-refractivity contribution is 5.38. The molecule has 0 bridgehead atoms. The molecule has 13 heavy (non-hydrogen) atoms. The summed E-state index contributed by atoms with van der Waals surface area (Å²) in [6, 6.07) is 0. The van der Waals surface area contributed by atoms with E-state index in [-0.39, 0.29) is 5.41 Å². The first-order chi connectivity index (χ1) is 6.03. The topological polar surface area (TPSA) is 37.8 Å². The number of aromatic nitrogens is 2. The Bertz CT molecular complexity index is 276. The minimum atomic E-state index is 0.252. The van der Waals surface area contributed by atoms with Crippen LogP contribution in [0, 0.1) is 5.41 Å². The molecule has 0 radical (unpaired) electrons. The molecule has 0 atom stereocenters. The Morgan fingerprint density at radius 3 is 2.38 bits per heavy atom. The summed E-state index contributed by atoms with van der Waals surface area (Å²) < 4.78 is 0. The van der Waals surface area contributed by atoms with Crippen molar-refractivity contribution in [2.24, 2.45) is 5.41 Å². The maximum atomic E-state index is 4.31. The zero-order chi connectivity index (χ0) is 9.90. The second-order valence-electron chi connectivity index (χ2n) is 4.34. The number of anilines is 1. The first-order valence-electron chi connectivity index (χ1n) is 4.50.